The van der Waals surface area contributed by atoms with Gasteiger partial charge in [0.15, 0.2) is 6.61 Å². The minimum atomic E-state index is -3.38. The first-order valence-electron chi connectivity index (χ1n) is 9.50. The zero-order valence-electron chi connectivity index (χ0n) is 17.4. The third-order valence-corrected chi connectivity index (χ3v) is 5.97. The fourth-order valence-corrected chi connectivity index (χ4v) is 4.29. The number of nitrogens with zero attached hydrogens (tertiary/aromatic N) is 1. The van der Waals surface area contributed by atoms with Gasteiger partial charge in [-0.2, -0.15) is 0 Å². The Labute approximate surface area is 180 Å². The molecule has 1 heterocycles. The van der Waals surface area contributed by atoms with Gasteiger partial charge in [0.1, 0.15) is 0 Å². The standard InChI is InChI=1S/C21H23N3O6S/c1-13-4-6-17(14(2)10-13)22-21(27)23-19(25)12-30-20(26)16-5-7-18-15(11-16)8-9-24(18)31(3,28)29/h4-7,10-11H,8-9,12H2,1-3H3,(H2,22,23,25,27). The average Bonchev–Trinajstić information content (AvgIpc) is 3.12. The molecule has 1 aliphatic rings. The molecular formula is C21H23N3O6S. The predicted molar refractivity (Wildman–Crippen MR) is 116 cm³/mol. The summed E-state index contributed by atoms with van der Waals surface area (Å²) in [5, 5.41) is 4.67. The van der Waals surface area contributed by atoms with Crippen LogP contribution in [0.4, 0.5) is 16.2 Å². The summed E-state index contributed by atoms with van der Waals surface area (Å²) in [5.41, 5.74) is 3.88. The van der Waals surface area contributed by atoms with Gasteiger partial charge < -0.3 is 10.1 Å². The number of carbonyl (C=O) groups excluding carboxylic acids is 3. The van der Waals surface area contributed by atoms with Gasteiger partial charge >= 0.3 is 12.0 Å². The zero-order valence-corrected chi connectivity index (χ0v) is 18.2. The van der Waals surface area contributed by atoms with Crippen LogP contribution < -0.4 is 14.9 Å². The maximum Gasteiger partial charge on any atom is 0.338 e. The zero-order chi connectivity index (χ0) is 22.8. The third kappa shape index (κ3) is 5.40. The van der Waals surface area contributed by atoms with Crippen molar-refractivity contribution in [1.29, 1.82) is 0 Å². The van der Waals surface area contributed by atoms with Crippen molar-refractivity contribution in [1.82, 2.24) is 5.32 Å². The Balaban J connectivity index is 1.53. The summed E-state index contributed by atoms with van der Waals surface area (Å²) in [6.45, 7) is 3.44. The van der Waals surface area contributed by atoms with E-state index in [9.17, 15) is 22.8 Å². The molecule has 0 radical (unpaired) electrons. The molecule has 0 saturated heterocycles. The fraction of sp³-hybridized carbons (Fsp3) is 0.286. The molecule has 1 aliphatic heterocycles. The van der Waals surface area contributed by atoms with Crippen LogP contribution in [0.25, 0.3) is 0 Å². The molecule has 10 heteroatoms. The van der Waals surface area contributed by atoms with Crippen molar-refractivity contribution in [2.75, 3.05) is 29.0 Å². The van der Waals surface area contributed by atoms with Crippen molar-refractivity contribution in [2.45, 2.75) is 20.3 Å². The number of amides is 3. The van der Waals surface area contributed by atoms with E-state index in [1.807, 2.05) is 26.0 Å². The molecule has 0 saturated carbocycles. The van der Waals surface area contributed by atoms with Crippen molar-refractivity contribution in [3.8, 4) is 0 Å². The smallest absolute Gasteiger partial charge is 0.338 e. The van der Waals surface area contributed by atoms with Gasteiger partial charge in [0.2, 0.25) is 10.0 Å². The third-order valence-electron chi connectivity index (χ3n) is 4.79. The Kier molecular flexibility index (Phi) is 6.30. The molecule has 2 N–H and O–H groups in total. The van der Waals surface area contributed by atoms with Crippen molar-refractivity contribution < 1.29 is 27.5 Å². The Bertz CT molecular complexity index is 1160. The number of hydrogen-bond acceptors (Lipinski definition) is 6. The molecule has 3 rings (SSSR count). The fourth-order valence-electron chi connectivity index (χ4n) is 3.33. The number of anilines is 2. The van der Waals surface area contributed by atoms with E-state index < -0.39 is 34.5 Å². The maximum absolute atomic E-state index is 12.2. The number of esters is 1. The molecule has 0 fully saturated rings. The molecule has 0 aromatic heterocycles. The quantitative estimate of drug-likeness (QED) is 0.680. The lowest BCUT2D eigenvalue weighted by Gasteiger charge is -2.16. The van der Waals surface area contributed by atoms with Gasteiger partial charge in [0.05, 0.1) is 17.5 Å². The number of rotatable bonds is 5. The first kappa shape index (κ1) is 22.3. The van der Waals surface area contributed by atoms with Crippen LogP contribution in [-0.2, 0) is 26.0 Å². The predicted octanol–water partition coefficient (Wildman–Crippen LogP) is 2.13. The van der Waals surface area contributed by atoms with Crippen molar-refractivity contribution >= 4 is 39.3 Å². The Hall–Kier alpha value is -3.40. The number of imide groups is 1. The monoisotopic (exact) mass is 445 g/mol. The molecule has 0 unspecified atom stereocenters. The van der Waals surface area contributed by atoms with Crippen molar-refractivity contribution in [3.63, 3.8) is 0 Å². The normalized spacial score (nSPS) is 12.8. The molecule has 2 aromatic carbocycles. The van der Waals surface area contributed by atoms with Crippen LogP contribution in [-0.4, -0.2) is 45.7 Å². The number of aryl methyl sites for hydroxylation is 2. The van der Waals surface area contributed by atoms with Gasteiger partial charge in [0.25, 0.3) is 5.91 Å². The van der Waals surface area contributed by atoms with Crippen molar-refractivity contribution in [3.05, 3.63) is 58.7 Å². The number of ether oxygens (including phenoxy) is 1. The van der Waals surface area contributed by atoms with Gasteiger partial charge in [-0.15, -0.1) is 0 Å². The number of fused-ring (bicyclic) bond motifs is 1. The Morgan fingerprint density at radius 3 is 2.52 bits per heavy atom. The second-order valence-corrected chi connectivity index (χ2v) is 9.23. The summed E-state index contributed by atoms with van der Waals surface area (Å²) in [4.78, 5) is 36.2. The molecule has 0 bridgehead atoms. The van der Waals surface area contributed by atoms with Gasteiger partial charge in [-0.25, -0.2) is 18.0 Å². The molecule has 2 aromatic rings. The average molecular weight is 445 g/mol. The van der Waals surface area contributed by atoms with E-state index in [0.29, 0.717) is 29.9 Å². The molecule has 0 aliphatic carbocycles. The molecule has 9 nitrogen and oxygen atoms in total. The first-order valence-corrected chi connectivity index (χ1v) is 11.4. The highest BCUT2D eigenvalue weighted by molar-refractivity contribution is 7.92. The Morgan fingerprint density at radius 1 is 1.10 bits per heavy atom. The number of nitrogens with one attached hydrogen (secondary N) is 2. The minimum Gasteiger partial charge on any atom is -0.452 e. The molecule has 0 spiro atoms. The minimum absolute atomic E-state index is 0.196. The van der Waals surface area contributed by atoms with E-state index in [1.165, 1.54) is 16.4 Å². The van der Waals surface area contributed by atoms with Gasteiger partial charge in [-0.3, -0.25) is 14.4 Å². The summed E-state index contributed by atoms with van der Waals surface area (Å²) in [6.07, 6.45) is 1.60. The van der Waals surface area contributed by atoms with Crippen LogP contribution in [0.2, 0.25) is 0 Å². The van der Waals surface area contributed by atoms with Gasteiger partial charge in [0, 0.05) is 12.2 Å². The summed E-state index contributed by atoms with van der Waals surface area (Å²) in [7, 11) is -3.38. The molecule has 164 valence electrons. The molecule has 0 atom stereocenters. The highest BCUT2D eigenvalue weighted by atomic mass is 32.2. The van der Waals surface area contributed by atoms with E-state index in [1.54, 1.807) is 12.1 Å². The summed E-state index contributed by atoms with van der Waals surface area (Å²) in [6, 6.07) is 9.25. The van der Waals surface area contributed by atoms with Crippen LogP contribution in [0.15, 0.2) is 36.4 Å². The van der Waals surface area contributed by atoms with E-state index >= 15 is 0 Å². The highest BCUT2D eigenvalue weighted by Gasteiger charge is 2.27. The van der Waals surface area contributed by atoms with Crippen LogP contribution in [0, 0.1) is 13.8 Å². The van der Waals surface area contributed by atoms with Crippen LogP contribution in [0.3, 0.4) is 0 Å². The number of carbonyl (C=O) groups is 3. The summed E-state index contributed by atoms with van der Waals surface area (Å²) in [5.74, 6) is -1.52. The van der Waals surface area contributed by atoms with Gasteiger partial charge in [-0.1, -0.05) is 17.7 Å². The Morgan fingerprint density at radius 2 is 1.84 bits per heavy atom. The lowest BCUT2D eigenvalue weighted by molar-refractivity contribution is -0.123. The SMILES string of the molecule is Cc1ccc(NC(=O)NC(=O)COC(=O)c2ccc3c(c2)CCN3S(C)(=O)=O)c(C)c1. The van der Waals surface area contributed by atoms with Crippen LogP contribution in [0.1, 0.15) is 27.0 Å². The van der Waals surface area contributed by atoms with E-state index in [4.69, 9.17) is 4.74 Å². The van der Waals surface area contributed by atoms with Gasteiger partial charge in [-0.05, 0) is 55.7 Å². The molecule has 31 heavy (non-hydrogen) atoms. The lowest BCUT2D eigenvalue weighted by Crippen LogP contribution is -2.37. The summed E-state index contributed by atoms with van der Waals surface area (Å²) >= 11 is 0. The van der Waals surface area contributed by atoms with Crippen LogP contribution in [0.5, 0.6) is 0 Å². The molecule has 3 amide bonds. The number of benzene rings is 2. The van der Waals surface area contributed by atoms with Crippen LogP contribution >= 0.6 is 0 Å². The topological polar surface area (TPSA) is 122 Å². The lowest BCUT2D eigenvalue weighted by atomic mass is 10.1. The number of hydrogen-bond donors (Lipinski definition) is 2. The van der Waals surface area contributed by atoms with E-state index in [2.05, 4.69) is 10.6 Å². The summed E-state index contributed by atoms with van der Waals surface area (Å²) < 4.78 is 29.8. The second-order valence-electron chi connectivity index (χ2n) is 7.33. The first-order chi connectivity index (χ1) is 14.5. The number of sulfonamides is 1. The van der Waals surface area contributed by atoms with E-state index in [-0.39, 0.29) is 5.56 Å². The van der Waals surface area contributed by atoms with E-state index in [0.717, 1.165) is 17.4 Å². The number of urea groups is 1. The maximum atomic E-state index is 12.2. The highest BCUT2D eigenvalue weighted by Crippen LogP contribution is 2.30. The second kappa shape index (κ2) is 8.76. The largest absolute Gasteiger partial charge is 0.452 e. The van der Waals surface area contributed by atoms with Crippen molar-refractivity contribution in [2.24, 2.45) is 0 Å². The molecular weight excluding hydrogens is 422 g/mol.